The van der Waals surface area contributed by atoms with Gasteiger partial charge in [-0.3, -0.25) is 14.5 Å². The zero-order valence-electron chi connectivity index (χ0n) is 14.6. The van der Waals surface area contributed by atoms with Crippen molar-refractivity contribution in [2.24, 2.45) is 0 Å². The van der Waals surface area contributed by atoms with Gasteiger partial charge in [0.05, 0.1) is 13.1 Å². The van der Waals surface area contributed by atoms with Crippen LogP contribution in [0.1, 0.15) is 11.1 Å². The van der Waals surface area contributed by atoms with Crippen molar-refractivity contribution in [2.45, 2.75) is 13.8 Å². The summed E-state index contributed by atoms with van der Waals surface area (Å²) in [7, 11) is 1.67. The highest BCUT2D eigenvalue weighted by molar-refractivity contribution is 5.95. The van der Waals surface area contributed by atoms with Crippen molar-refractivity contribution in [3.05, 3.63) is 59.4 Å². The van der Waals surface area contributed by atoms with Gasteiger partial charge in [0.1, 0.15) is 5.82 Å². The molecule has 2 rings (SSSR count). The van der Waals surface area contributed by atoms with Gasteiger partial charge in [-0.15, -0.1) is 0 Å². The smallest absolute Gasteiger partial charge is 0.238 e. The van der Waals surface area contributed by atoms with Crippen molar-refractivity contribution in [3.8, 4) is 0 Å². The fraction of sp³-hybridized carbons (Fsp3) is 0.263. The van der Waals surface area contributed by atoms with Crippen LogP contribution in [0, 0.1) is 19.7 Å². The molecule has 6 heteroatoms. The monoisotopic (exact) mass is 343 g/mol. The van der Waals surface area contributed by atoms with Crippen LogP contribution in [0.5, 0.6) is 0 Å². The Labute approximate surface area is 146 Å². The predicted octanol–water partition coefficient (Wildman–Crippen LogP) is 2.95. The lowest BCUT2D eigenvalue weighted by Gasteiger charge is -2.17. The molecule has 0 unspecified atom stereocenters. The van der Waals surface area contributed by atoms with Crippen LogP contribution in [-0.4, -0.2) is 36.9 Å². The molecule has 0 aliphatic carbocycles. The van der Waals surface area contributed by atoms with Crippen LogP contribution < -0.4 is 10.6 Å². The largest absolute Gasteiger partial charge is 0.325 e. The normalized spacial score (nSPS) is 10.6. The zero-order chi connectivity index (χ0) is 18.4. The maximum absolute atomic E-state index is 13.1. The number of halogens is 1. The quantitative estimate of drug-likeness (QED) is 0.848. The Morgan fingerprint density at radius 2 is 1.68 bits per heavy atom. The molecule has 2 amide bonds. The van der Waals surface area contributed by atoms with Gasteiger partial charge in [0.2, 0.25) is 11.8 Å². The summed E-state index contributed by atoms with van der Waals surface area (Å²) in [5.41, 5.74) is 3.19. The standard InChI is InChI=1S/C19H22FN3O2/c1-13-7-8-14(2)17(9-13)22-19(25)12-23(3)11-18(24)21-16-6-4-5-15(20)10-16/h4-10H,11-12H2,1-3H3,(H,21,24)(H,22,25). The molecular formula is C19H22FN3O2. The number of hydrogen-bond acceptors (Lipinski definition) is 3. The molecule has 0 saturated heterocycles. The van der Waals surface area contributed by atoms with E-state index in [1.54, 1.807) is 18.0 Å². The number of anilines is 2. The van der Waals surface area contributed by atoms with Crippen LogP contribution >= 0.6 is 0 Å². The van der Waals surface area contributed by atoms with E-state index in [0.29, 0.717) is 5.69 Å². The number of rotatable bonds is 6. The summed E-state index contributed by atoms with van der Waals surface area (Å²) in [6.45, 7) is 3.98. The second-order valence-corrected chi connectivity index (χ2v) is 6.10. The maximum Gasteiger partial charge on any atom is 0.238 e. The van der Waals surface area contributed by atoms with Crippen LogP contribution in [0.3, 0.4) is 0 Å². The van der Waals surface area contributed by atoms with E-state index >= 15 is 0 Å². The first-order valence-corrected chi connectivity index (χ1v) is 7.94. The van der Waals surface area contributed by atoms with Crippen molar-refractivity contribution < 1.29 is 14.0 Å². The SMILES string of the molecule is Cc1ccc(C)c(NC(=O)CN(C)CC(=O)Nc2cccc(F)c2)c1. The van der Waals surface area contributed by atoms with Crippen molar-refractivity contribution in [2.75, 3.05) is 30.8 Å². The van der Waals surface area contributed by atoms with Crippen LogP contribution in [0.2, 0.25) is 0 Å². The third-order valence-electron chi connectivity index (χ3n) is 3.60. The Balaban J connectivity index is 1.84. The Morgan fingerprint density at radius 1 is 1.00 bits per heavy atom. The molecular weight excluding hydrogens is 321 g/mol. The van der Waals surface area contributed by atoms with Gasteiger partial charge in [0.25, 0.3) is 0 Å². The summed E-state index contributed by atoms with van der Waals surface area (Å²) in [5.74, 6) is -0.929. The van der Waals surface area contributed by atoms with E-state index in [4.69, 9.17) is 0 Å². The second kappa shape index (κ2) is 8.39. The lowest BCUT2D eigenvalue weighted by atomic mass is 10.1. The number of hydrogen-bond donors (Lipinski definition) is 2. The van der Waals surface area contributed by atoms with Gasteiger partial charge < -0.3 is 10.6 Å². The lowest BCUT2D eigenvalue weighted by molar-refractivity contribution is -0.119. The first-order valence-electron chi connectivity index (χ1n) is 7.94. The summed E-state index contributed by atoms with van der Waals surface area (Å²) >= 11 is 0. The summed E-state index contributed by atoms with van der Waals surface area (Å²) in [5, 5.41) is 5.45. The van der Waals surface area contributed by atoms with Gasteiger partial charge in [0, 0.05) is 11.4 Å². The molecule has 0 saturated carbocycles. The molecule has 25 heavy (non-hydrogen) atoms. The molecule has 0 aliphatic heterocycles. The van der Waals surface area contributed by atoms with Crippen molar-refractivity contribution in [1.29, 1.82) is 0 Å². The molecule has 0 bridgehead atoms. The van der Waals surface area contributed by atoms with Crippen molar-refractivity contribution >= 4 is 23.2 Å². The molecule has 5 nitrogen and oxygen atoms in total. The van der Waals surface area contributed by atoms with Gasteiger partial charge in [-0.05, 0) is 56.3 Å². The average molecular weight is 343 g/mol. The molecule has 2 N–H and O–H groups in total. The number of benzene rings is 2. The average Bonchev–Trinajstić information content (AvgIpc) is 2.50. The Bertz CT molecular complexity index is 777. The molecule has 0 spiro atoms. The Hall–Kier alpha value is -2.73. The van der Waals surface area contributed by atoms with Gasteiger partial charge in [-0.1, -0.05) is 18.2 Å². The molecule has 2 aromatic rings. The molecule has 132 valence electrons. The van der Waals surface area contributed by atoms with Gasteiger partial charge in [-0.25, -0.2) is 4.39 Å². The third kappa shape index (κ3) is 6.00. The zero-order valence-corrected chi connectivity index (χ0v) is 14.6. The van der Waals surface area contributed by atoms with E-state index in [0.717, 1.165) is 16.8 Å². The molecule has 0 aliphatic rings. The highest BCUT2D eigenvalue weighted by Gasteiger charge is 2.12. The number of carbonyl (C=O) groups excluding carboxylic acids is 2. The number of amides is 2. The van der Waals surface area contributed by atoms with E-state index in [9.17, 15) is 14.0 Å². The number of nitrogens with one attached hydrogen (secondary N) is 2. The Kier molecular flexibility index (Phi) is 6.25. The van der Waals surface area contributed by atoms with E-state index in [1.165, 1.54) is 18.2 Å². The molecule has 0 aromatic heterocycles. The topological polar surface area (TPSA) is 61.4 Å². The lowest BCUT2D eigenvalue weighted by Crippen LogP contribution is -2.36. The number of likely N-dealkylation sites (N-methyl/N-ethyl adjacent to an activating group) is 1. The first kappa shape index (κ1) is 18.6. The van der Waals surface area contributed by atoms with Crippen molar-refractivity contribution in [3.63, 3.8) is 0 Å². The molecule has 0 fully saturated rings. The fourth-order valence-electron chi connectivity index (χ4n) is 2.37. The second-order valence-electron chi connectivity index (χ2n) is 6.10. The summed E-state index contributed by atoms with van der Waals surface area (Å²) in [6, 6.07) is 11.5. The van der Waals surface area contributed by atoms with E-state index in [2.05, 4.69) is 10.6 Å². The van der Waals surface area contributed by atoms with Crippen LogP contribution in [0.4, 0.5) is 15.8 Å². The minimum absolute atomic E-state index is 0.0245. The highest BCUT2D eigenvalue weighted by Crippen LogP contribution is 2.16. The van der Waals surface area contributed by atoms with Gasteiger partial charge >= 0.3 is 0 Å². The molecule has 0 radical (unpaired) electrons. The minimum Gasteiger partial charge on any atom is -0.325 e. The number of carbonyl (C=O) groups is 2. The van der Waals surface area contributed by atoms with Gasteiger partial charge in [0.15, 0.2) is 0 Å². The van der Waals surface area contributed by atoms with E-state index in [-0.39, 0.29) is 24.9 Å². The molecule has 2 aromatic carbocycles. The van der Waals surface area contributed by atoms with E-state index in [1.807, 2.05) is 32.0 Å². The maximum atomic E-state index is 13.1. The first-order chi connectivity index (χ1) is 11.8. The van der Waals surface area contributed by atoms with Crippen molar-refractivity contribution in [1.82, 2.24) is 4.90 Å². The predicted molar refractivity (Wildman–Crippen MR) is 97.1 cm³/mol. The molecule has 0 atom stereocenters. The Morgan fingerprint density at radius 3 is 2.36 bits per heavy atom. The fourth-order valence-corrected chi connectivity index (χ4v) is 2.37. The minimum atomic E-state index is -0.418. The number of nitrogens with zero attached hydrogens (tertiary/aromatic N) is 1. The highest BCUT2D eigenvalue weighted by atomic mass is 19.1. The van der Waals surface area contributed by atoms with Crippen LogP contribution in [-0.2, 0) is 9.59 Å². The summed E-state index contributed by atoms with van der Waals surface area (Å²) in [6.07, 6.45) is 0. The summed E-state index contributed by atoms with van der Waals surface area (Å²) in [4.78, 5) is 25.7. The molecule has 0 heterocycles. The van der Waals surface area contributed by atoms with Crippen LogP contribution in [0.25, 0.3) is 0 Å². The third-order valence-corrected chi connectivity index (χ3v) is 3.60. The van der Waals surface area contributed by atoms with Gasteiger partial charge in [-0.2, -0.15) is 0 Å². The van der Waals surface area contributed by atoms with E-state index < -0.39 is 5.82 Å². The number of aryl methyl sites for hydroxylation is 2. The van der Waals surface area contributed by atoms with Crippen LogP contribution in [0.15, 0.2) is 42.5 Å². The summed E-state index contributed by atoms with van der Waals surface area (Å²) < 4.78 is 13.1.